The number of fused-ring (bicyclic) bond motifs is 1. The topological polar surface area (TPSA) is 87.7 Å². The third-order valence-corrected chi connectivity index (χ3v) is 5.32. The van der Waals surface area contributed by atoms with Crippen molar-refractivity contribution >= 4 is 35.2 Å². The zero-order chi connectivity index (χ0) is 20.1. The summed E-state index contributed by atoms with van der Waals surface area (Å²) in [5.74, 6) is -0.417. The van der Waals surface area contributed by atoms with Crippen molar-refractivity contribution in [2.24, 2.45) is 0 Å². The fourth-order valence-corrected chi connectivity index (χ4v) is 3.60. The van der Waals surface area contributed by atoms with Gasteiger partial charge in [0.15, 0.2) is 6.61 Å². The lowest BCUT2D eigenvalue weighted by Gasteiger charge is -2.28. The van der Waals surface area contributed by atoms with Crippen LogP contribution in [-0.2, 0) is 14.4 Å². The number of nitrogens with zero attached hydrogens (tertiary/aromatic N) is 1. The number of anilines is 1. The third kappa shape index (κ3) is 4.83. The Bertz CT molecular complexity index is 916. The van der Waals surface area contributed by atoms with Crippen LogP contribution in [0.2, 0.25) is 0 Å². The number of benzene rings is 2. The molecule has 146 valence electrons. The van der Waals surface area contributed by atoms with Crippen LogP contribution in [0.1, 0.15) is 11.1 Å². The van der Waals surface area contributed by atoms with E-state index in [1.807, 2.05) is 26.0 Å². The highest BCUT2D eigenvalue weighted by atomic mass is 32.2. The zero-order valence-electron chi connectivity index (χ0n) is 15.7. The second kappa shape index (κ2) is 8.79. The summed E-state index contributed by atoms with van der Waals surface area (Å²) < 4.78 is 5.34. The molecule has 2 aromatic carbocycles. The third-order valence-electron chi connectivity index (χ3n) is 4.14. The van der Waals surface area contributed by atoms with Gasteiger partial charge in [0.25, 0.3) is 11.8 Å². The molecule has 0 fully saturated rings. The van der Waals surface area contributed by atoms with E-state index in [-0.39, 0.29) is 30.7 Å². The van der Waals surface area contributed by atoms with Gasteiger partial charge in [0.05, 0.1) is 11.4 Å². The van der Waals surface area contributed by atoms with E-state index in [0.717, 1.165) is 16.0 Å². The van der Waals surface area contributed by atoms with Gasteiger partial charge in [-0.2, -0.15) is 0 Å². The Morgan fingerprint density at radius 3 is 2.64 bits per heavy atom. The number of carbonyl (C=O) groups excluding carboxylic acids is 3. The van der Waals surface area contributed by atoms with Crippen LogP contribution in [0.5, 0.6) is 5.75 Å². The second-order valence-corrected chi connectivity index (χ2v) is 7.41. The Kier molecular flexibility index (Phi) is 6.20. The molecule has 3 rings (SSSR count). The van der Waals surface area contributed by atoms with Gasteiger partial charge in [0.2, 0.25) is 5.91 Å². The van der Waals surface area contributed by atoms with E-state index >= 15 is 0 Å². The van der Waals surface area contributed by atoms with Crippen molar-refractivity contribution in [3.63, 3.8) is 0 Å². The molecule has 0 atom stereocenters. The summed E-state index contributed by atoms with van der Waals surface area (Å²) in [5.41, 5.74) is 7.54. The molecule has 0 bridgehead atoms. The van der Waals surface area contributed by atoms with Crippen LogP contribution in [-0.4, -0.2) is 36.6 Å². The van der Waals surface area contributed by atoms with Gasteiger partial charge in [0, 0.05) is 4.90 Å². The Labute approximate surface area is 167 Å². The highest BCUT2D eigenvalue weighted by Gasteiger charge is 2.27. The van der Waals surface area contributed by atoms with Crippen molar-refractivity contribution in [1.82, 2.24) is 10.9 Å². The number of amides is 3. The molecule has 0 spiro atoms. The molecule has 0 aromatic heterocycles. The molecule has 28 heavy (non-hydrogen) atoms. The average Bonchev–Trinajstić information content (AvgIpc) is 2.68. The molecule has 0 radical (unpaired) electrons. The molecule has 0 saturated carbocycles. The minimum atomic E-state index is -0.491. The van der Waals surface area contributed by atoms with Crippen molar-refractivity contribution < 1.29 is 19.1 Å². The van der Waals surface area contributed by atoms with Gasteiger partial charge in [-0.3, -0.25) is 30.1 Å². The number of para-hydroxylation sites is 2. The number of aryl methyl sites for hydroxylation is 2. The quantitative estimate of drug-likeness (QED) is 0.593. The first-order valence-electron chi connectivity index (χ1n) is 8.74. The summed E-state index contributed by atoms with van der Waals surface area (Å²) in [7, 11) is 0. The number of ether oxygens (including phenoxy) is 1. The zero-order valence-corrected chi connectivity index (χ0v) is 16.5. The molecule has 2 N–H and O–H groups in total. The molecule has 2 aromatic rings. The van der Waals surface area contributed by atoms with E-state index in [9.17, 15) is 14.4 Å². The van der Waals surface area contributed by atoms with Crippen molar-refractivity contribution in [3.8, 4) is 5.75 Å². The number of hydrogen-bond acceptors (Lipinski definition) is 5. The van der Waals surface area contributed by atoms with Crippen molar-refractivity contribution in [1.29, 1.82) is 0 Å². The van der Waals surface area contributed by atoms with Crippen LogP contribution < -0.4 is 20.5 Å². The number of rotatable bonds is 5. The standard InChI is InChI=1S/C20H21N3O4S/c1-13-7-8-17(14(2)9-13)28-12-19(25)22-21-18(24)10-23-15-5-3-4-6-16(15)27-11-20(23)26/h3-9H,10-12H2,1-2H3,(H,21,24)(H,22,25). The van der Waals surface area contributed by atoms with E-state index in [1.54, 1.807) is 24.3 Å². The van der Waals surface area contributed by atoms with Crippen LogP contribution in [0.15, 0.2) is 47.4 Å². The minimum Gasteiger partial charge on any atom is -0.482 e. The Hall–Kier alpha value is -3.00. The van der Waals surface area contributed by atoms with Gasteiger partial charge in [0.1, 0.15) is 12.3 Å². The Morgan fingerprint density at radius 2 is 1.86 bits per heavy atom. The Balaban J connectivity index is 1.49. The summed E-state index contributed by atoms with van der Waals surface area (Å²) in [5, 5.41) is 0. The molecule has 0 aliphatic carbocycles. The van der Waals surface area contributed by atoms with Crippen LogP contribution in [0.3, 0.4) is 0 Å². The molecule has 1 aliphatic rings. The molecule has 1 aliphatic heterocycles. The predicted octanol–water partition coefficient (Wildman–Crippen LogP) is 1.97. The Morgan fingerprint density at radius 1 is 1.11 bits per heavy atom. The van der Waals surface area contributed by atoms with Gasteiger partial charge in [-0.15, -0.1) is 11.8 Å². The molecule has 1 heterocycles. The van der Waals surface area contributed by atoms with E-state index in [4.69, 9.17) is 4.74 Å². The van der Waals surface area contributed by atoms with E-state index in [2.05, 4.69) is 16.9 Å². The number of thioether (sulfide) groups is 1. The van der Waals surface area contributed by atoms with E-state index in [1.165, 1.54) is 16.7 Å². The van der Waals surface area contributed by atoms with Crippen LogP contribution in [0.25, 0.3) is 0 Å². The molecular formula is C20H21N3O4S. The second-order valence-electron chi connectivity index (χ2n) is 6.39. The van der Waals surface area contributed by atoms with Gasteiger partial charge < -0.3 is 4.74 Å². The van der Waals surface area contributed by atoms with E-state index in [0.29, 0.717) is 11.4 Å². The normalized spacial score (nSPS) is 12.8. The number of nitrogens with one attached hydrogen (secondary N) is 2. The molecule has 8 heteroatoms. The fraction of sp³-hybridized carbons (Fsp3) is 0.250. The van der Waals surface area contributed by atoms with Crippen molar-refractivity contribution in [2.45, 2.75) is 18.7 Å². The summed E-state index contributed by atoms with van der Waals surface area (Å²) in [6.45, 7) is 3.68. The predicted molar refractivity (Wildman–Crippen MR) is 107 cm³/mol. The summed E-state index contributed by atoms with van der Waals surface area (Å²) in [6, 6.07) is 13.0. The molecular weight excluding hydrogens is 378 g/mol. The van der Waals surface area contributed by atoms with Gasteiger partial charge in [-0.25, -0.2) is 0 Å². The van der Waals surface area contributed by atoms with E-state index < -0.39 is 5.91 Å². The molecule has 3 amide bonds. The maximum atomic E-state index is 12.2. The first kappa shape index (κ1) is 19.8. The van der Waals surface area contributed by atoms with Gasteiger partial charge in [-0.05, 0) is 37.6 Å². The van der Waals surface area contributed by atoms with Crippen LogP contribution in [0, 0.1) is 13.8 Å². The first-order valence-corrected chi connectivity index (χ1v) is 9.72. The maximum absolute atomic E-state index is 12.2. The average molecular weight is 399 g/mol. The number of hydrogen-bond donors (Lipinski definition) is 2. The fourth-order valence-electron chi connectivity index (χ4n) is 2.79. The van der Waals surface area contributed by atoms with Gasteiger partial charge >= 0.3 is 0 Å². The summed E-state index contributed by atoms with van der Waals surface area (Å²) in [6.07, 6.45) is 0. The SMILES string of the molecule is Cc1ccc(SCC(=O)NNC(=O)CN2C(=O)COc3ccccc32)c(C)c1. The minimum absolute atomic E-state index is 0.122. The lowest BCUT2D eigenvalue weighted by atomic mass is 10.2. The monoisotopic (exact) mass is 399 g/mol. The smallest absolute Gasteiger partial charge is 0.265 e. The molecule has 0 unspecified atom stereocenters. The summed E-state index contributed by atoms with van der Waals surface area (Å²) in [4.78, 5) is 38.6. The highest BCUT2D eigenvalue weighted by Crippen LogP contribution is 2.31. The van der Waals surface area contributed by atoms with Gasteiger partial charge in [-0.1, -0.05) is 29.8 Å². The summed E-state index contributed by atoms with van der Waals surface area (Å²) >= 11 is 1.40. The lowest BCUT2D eigenvalue weighted by molar-refractivity contribution is -0.128. The number of hydrazine groups is 1. The largest absolute Gasteiger partial charge is 0.482 e. The van der Waals surface area contributed by atoms with Crippen LogP contribution in [0.4, 0.5) is 5.69 Å². The van der Waals surface area contributed by atoms with Crippen molar-refractivity contribution in [2.75, 3.05) is 23.8 Å². The first-order chi connectivity index (χ1) is 13.4. The lowest BCUT2D eigenvalue weighted by Crippen LogP contribution is -2.50. The van der Waals surface area contributed by atoms with Crippen molar-refractivity contribution in [3.05, 3.63) is 53.6 Å². The number of carbonyl (C=O) groups is 3. The van der Waals surface area contributed by atoms with Crippen LogP contribution >= 0.6 is 11.8 Å². The molecule has 7 nitrogen and oxygen atoms in total. The highest BCUT2D eigenvalue weighted by molar-refractivity contribution is 8.00. The maximum Gasteiger partial charge on any atom is 0.265 e. The molecule has 0 saturated heterocycles.